The van der Waals surface area contributed by atoms with E-state index in [0.29, 0.717) is 0 Å². The summed E-state index contributed by atoms with van der Waals surface area (Å²) in [6.45, 7) is 3.70. The maximum absolute atomic E-state index is 9.60. The maximum Gasteiger partial charge on any atom is 0.487 e. The zero-order valence-electron chi connectivity index (χ0n) is 3.97. The third kappa shape index (κ3) is 3.82. The number of rotatable bonds is 2. The van der Waals surface area contributed by atoms with Gasteiger partial charge in [-0.3, -0.25) is 0 Å². The molecule has 0 amide bonds. The van der Waals surface area contributed by atoms with Gasteiger partial charge in [-0.25, -0.2) is 0 Å². The van der Waals surface area contributed by atoms with E-state index < -0.39 is 9.65 Å². The molecule has 0 rings (SSSR count). The molecule has 0 aromatic rings. The van der Waals surface area contributed by atoms with Gasteiger partial charge < -0.3 is 8.89 Å². The van der Waals surface area contributed by atoms with Gasteiger partial charge in [0.2, 0.25) is 0 Å². The highest BCUT2D eigenvalue weighted by Crippen LogP contribution is 1.78. The van der Waals surface area contributed by atoms with Crippen LogP contribution in [0.1, 0.15) is 13.8 Å². The lowest BCUT2D eigenvalue weighted by Crippen LogP contribution is -1.99. The van der Waals surface area contributed by atoms with Gasteiger partial charge in [0.25, 0.3) is 0 Å². The summed E-state index contributed by atoms with van der Waals surface area (Å²) >= 11 is 0. The second-order valence-electron chi connectivity index (χ2n) is 1.28. The Morgan fingerprint density at radius 1 is 1.67 bits per heavy atom. The van der Waals surface area contributed by atoms with E-state index in [0.717, 1.165) is 0 Å². The number of hydrogen-bond donors (Lipinski definition) is 0. The second-order valence-corrected chi connectivity index (χ2v) is 1.75. The van der Waals surface area contributed by atoms with Crippen LogP contribution in [0.4, 0.5) is 0 Å². The molecule has 0 fully saturated rings. The molecule has 0 heterocycles. The normalized spacial score (nSPS) is 8.50. The summed E-state index contributed by atoms with van der Waals surface area (Å²) < 4.78 is 14.2. The molecule has 0 saturated heterocycles. The summed E-state index contributed by atoms with van der Waals surface area (Å²) in [5, 5.41) is 0. The largest absolute Gasteiger partial charge is 0.524 e. The predicted molar refractivity (Wildman–Crippen MR) is 24.1 cm³/mol. The summed E-state index contributed by atoms with van der Waals surface area (Å²) in [6.07, 6.45) is 0.123. The van der Waals surface area contributed by atoms with Crippen LogP contribution in [0.25, 0.3) is 0 Å². The molecule has 0 unspecified atom stereocenters. The van der Waals surface area contributed by atoms with Crippen LogP contribution in [0.15, 0.2) is 0 Å². The van der Waals surface area contributed by atoms with Gasteiger partial charge in [-0.2, -0.15) is 0 Å². The molecule has 0 bridgehead atoms. The lowest BCUT2D eigenvalue weighted by molar-refractivity contribution is 0.238. The minimum Gasteiger partial charge on any atom is -0.524 e. The minimum atomic E-state index is -0.998. The lowest BCUT2D eigenvalue weighted by Gasteiger charge is -1.97. The Kier molecular flexibility index (Phi) is 2.93. The van der Waals surface area contributed by atoms with Crippen molar-refractivity contribution in [3.63, 3.8) is 0 Å². The zero-order chi connectivity index (χ0) is 4.99. The Balaban J connectivity index is 2.81. The molecule has 36 valence electrons. The molecule has 3 heteroatoms. The summed E-state index contributed by atoms with van der Waals surface area (Å²) in [5.41, 5.74) is 0. The van der Waals surface area contributed by atoms with Crippen LogP contribution in [0.2, 0.25) is 0 Å². The molecule has 0 aliphatic carbocycles. The first kappa shape index (κ1) is 5.82. The van der Waals surface area contributed by atoms with E-state index in [4.69, 9.17) is 0 Å². The van der Waals surface area contributed by atoms with Crippen molar-refractivity contribution in [1.82, 2.24) is 0 Å². The van der Waals surface area contributed by atoms with Crippen molar-refractivity contribution in [1.29, 1.82) is 0 Å². The van der Waals surface area contributed by atoms with Gasteiger partial charge in [0.1, 0.15) is 0 Å². The van der Waals surface area contributed by atoms with E-state index >= 15 is 0 Å². The molecule has 0 aromatic carbocycles. The first-order valence-corrected chi connectivity index (χ1v) is 2.80. The van der Waals surface area contributed by atoms with Crippen LogP contribution >= 0.6 is 0 Å². The first-order chi connectivity index (χ1) is 2.77. The van der Waals surface area contributed by atoms with Gasteiger partial charge in [0.15, 0.2) is 0 Å². The predicted octanol–water partition coefficient (Wildman–Crippen LogP) is 0.108. The van der Waals surface area contributed by atoms with Crippen LogP contribution in [0.5, 0.6) is 0 Å². The van der Waals surface area contributed by atoms with Crippen LogP contribution in [0, 0.1) is 0 Å². The van der Waals surface area contributed by atoms with E-state index in [2.05, 4.69) is 4.43 Å². The standard InChI is InChI=1S/C3H8O2Si/c1-3(2)5-6-4/h3,6H,1-2H3. The van der Waals surface area contributed by atoms with Gasteiger partial charge in [-0.1, -0.05) is 0 Å². The lowest BCUT2D eigenvalue weighted by atomic mass is 10.5. The molecule has 2 nitrogen and oxygen atoms in total. The van der Waals surface area contributed by atoms with Crippen molar-refractivity contribution in [3.05, 3.63) is 0 Å². The minimum absolute atomic E-state index is 0.123. The van der Waals surface area contributed by atoms with Gasteiger partial charge in [0, 0.05) is 0 Å². The molecule has 0 saturated carbocycles. The van der Waals surface area contributed by atoms with Gasteiger partial charge in [-0.05, 0) is 13.8 Å². The Labute approximate surface area is 39.5 Å². The molecular weight excluding hydrogens is 96.1 g/mol. The topological polar surface area (TPSA) is 26.3 Å². The van der Waals surface area contributed by atoms with E-state index in [-0.39, 0.29) is 6.10 Å². The Morgan fingerprint density at radius 2 is 2.17 bits per heavy atom. The van der Waals surface area contributed by atoms with E-state index in [1.54, 1.807) is 0 Å². The summed E-state index contributed by atoms with van der Waals surface area (Å²) in [5.74, 6) is 0. The van der Waals surface area contributed by atoms with Crippen LogP contribution in [0.3, 0.4) is 0 Å². The smallest absolute Gasteiger partial charge is 0.487 e. The highest BCUT2D eigenvalue weighted by Gasteiger charge is 1.84. The highest BCUT2D eigenvalue weighted by atomic mass is 28.2. The Bertz CT molecular complexity index is 44.1. The van der Waals surface area contributed by atoms with Gasteiger partial charge >= 0.3 is 9.65 Å². The molecule has 0 aliphatic rings. The van der Waals surface area contributed by atoms with Crippen molar-refractivity contribution in [2.24, 2.45) is 0 Å². The maximum atomic E-state index is 9.60. The van der Waals surface area contributed by atoms with Crippen LogP contribution in [-0.2, 0) is 8.89 Å². The van der Waals surface area contributed by atoms with E-state index in [1.165, 1.54) is 0 Å². The highest BCUT2D eigenvalue weighted by molar-refractivity contribution is 6.06. The van der Waals surface area contributed by atoms with Crippen molar-refractivity contribution in [2.45, 2.75) is 20.0 Å². The molecule has 0 aliphatic heterocycles. The second kappa shape index (κ2) is 3.02. The van der Waals surface area contributed by atoms with Crippen LogP contribution < -0.4 is 0 Å². The third-order valence-electron chi connectivity index (χ3n) is 0.328. The van der Waals surface area contributed by atoms with Crippen molar-refractivity contribution in [3.8, 4) is 0 Å². The van der Waals surface area contributed by atoms with Crippen molar-refractivity contribution in [2.75, 3.05) is 0 Å². The monoisotopic (exact) mass is 104 g/mol. The number of hydrogen-bond acceptors (Lipinski definition) is 2. The fraction of sp³-hybridized carbons (Fsp3) is 1.00. The molecular formula is C3H8O2Si. The molecule has 6 heavy (non-hydrogen) atoms. The Morgan fingerprint density at radius 3 is 2.17 bits per heavy atom. The molecule has 0 atom stereocenters. The summed E-state index contributed by atoms with van der Waals surface area (Å²) in [6, 6.07) is 0. The molecule has 0 aromatic heterocycles. The fourth-order valence-electron chi connectivity index (χ4n) is 0.111. The van der Waals surface area contributed by atoms with Crippen LogP contribution in [-0.4, -0.2) is 15.8 Å². The van der Waals surface area contributed by atoms with Gasteiger partial charge in [0.05, 0.1) is 6.10 Å². The summed E-state index contributed by atoms with van der Waals surface area (Å²) in [7, 11) is -0.998. The molecule has 0 radical (unpaired) electrons. The zero-order valence-corrected chi connectivity index (χ0v) is 5.13. The fourth-order valence-corrected chi connectivity index (χ4v) is 0.333. The SMILES string of the molecule is CC(C)O[SiH]=O. The van der Waals surface area contributed by atoms with Crippen molar-refractivity contribution >= 4 is 9.65 Å². The molecule has 0 spiro atoms. The third-order valence-corrected chi connectivity index (χ3v) is 0.983. The van der Waals surface area contributed by atoms with E-state index in [1.807, 2.05) is 13.8 Å². The summed E-state index contributed by atoms with van der Waals surface area (Å²) in [4.78, 5) is 0. The first-order valence-electron chi connectivity index (χ1n) is 1.86. The average molecular weight is 104 g/mol. The Hall–Kier alpha value is -0.183. The van der Waals surface area contributed by atoms with E-state index in [9.17, 15) is 4.46 Å². The molecule has 0 N–H and O–H groups in total. The quantitative estimate of drug-likeness (QED) is 0.465. The van der Waals surface area contributed by atoms with Crippen molar-refractivity contribution < 1.29 is 8.89 Å². The average Bonchev–Trinajstić information content (AvgIpc) is 1.35. The van der Waals surface area contributed by atoms with Gasteiger partial charge in [-0.15, -0.1) is 0 Å².